The summed E-state index contributed by atoms with van der Waals surface area (Å²) in [5.74, 6) is 2.14. The van der Waals surface area contributed by atoms with Crippen LogP contribution in [0.25, 0.3) is 5.78 Å². The van der Waals surface area contributed by atoms with Crippen LogP contribution in [0.15, 0.2) is 59.9 Å². The van der Waals surface area contributed by atoms with Crippen LogP contribution in [0.1, 0.15) is 70.4 Å². The van der Waals surface area contributed by atoms with Crippen LogP contribution in [-0.2, 0) is 12.2 Å². The predicted molar refractivity (Wildman–Crippen MR) is 127 cm³/mol. The lowest BCUT2D eigenvalue weighted by atomic mass is 9.81. The van der Waals surface area contributed by atoms with E-state index >= 15 is 0 Å². The number of benzene rings is 2. The number of aromatic nitrogens is 4. The van der Waals surface area contributed by atoms with Crippen molar-refractivity contribution in [3.8, 4) is 0 Å². The highest BCUT2D eigenvalue weighted by Gasteiger charge is 2.28. The zero-order valence-electron chi connectivity index (χ0n) is 18.6. The van der Waals surface area contributed by atoms with Gasteiger partial charge in [0, 0.05) is 18.4 Å². The molecule has 6 heteroatoms. The quantitative estimate of drug-likeness (QED) is 0.368. The Morgan fingerprint density at radius 1 is 1.09 bits per heavy atom. The van der Waals surface area contributed by atoms with Crippen molar-refractivity contribution >= 4 is 23.3 Å². The molecule has 0 radical (unpaired) electrons. The summed E-state index contributed by atoms with van der Waals surface area (Å²) in [4.78, 5) is 22.3. The molecule has 2 aromatic heterocycles. The second-order valence-electron chi connectivity index (χ2n) is 8.87. The van der Waals surface area contributed by atoms with E-state index in [0.29, 0.717) is 28.8 Å². The zero-order valence-corrected chi connectivity index (χ0v) is 19.4. The Morgan fingerprint density at radius 2 is 1.91 bits per heavy atom. The third-order valence-electron chi connectivity index (χ3n) is 6.09. The lowest BCUT2D eigenvalue weighted by Crippen LogP contribution is -2.21. The molecule has 0 unspecified atom stereocenters. The molecule has 0 amide bonds. The van der Waals surface area contributed by atoms with Crippen molar-refractivity contribution in [2.75, 3.05) is 0 Å². The Kier molecular flexibility index (Phi) is 5.55. The van der Waals surface area contributed by atoms with E-state index in [1.54, 1.807) is 16.3 Å². The lowest BCUT2D eigenvalue weighted by Gasteiger charge is -2.23. The number of carbonyl (C=O) groups is 1. The molecule has 2 aromatic carbocycles. The summed E-state index contributed by atoms with van der Waals surface area (Å²) in [6.07, 6.45) is 3.06. The van der Waals surface area contributed by atoms with Crippen LogP contribution in [0.5, 0.6) is 0 Å². The minimum atomic E-state index is 0.128. The second kappa shape index (κ2) is 8.51. The fraction of sp³-hybridized carbons (Fsp3) is 0.308. The zero-order chi connectivity index (χ0) is 22.2. The molecule has 0 saturated carbocycles. The maximum Gasteiger partial charge on any atom is 0.253 e. The SMILES string of the molecule is Cc1cccc(CSc2nc3nc4c(cn3n2)C(=O)C[C@@H](c2ccc(C(C)C)cc2)C4)c1. The van der Waals surface area contributed by atoms with Crippen molar-refractivity contribution in [2.24, 2.45) is 0 Å². The number of hydrogen-bond donors (Lipinski definition) is 0. The maximum atomic E-state index is 12.9. The molecule has 0 fully saturated rings. The van der Waals surface area contributed by atoms with E-state index < -0.39 is 0 Å². The number of aryl methyl sites for hydroxylation is 1. The van der Waals surface area contributed by atoms with Crippen molar-refractivity contribution in [1.82, 2.24) is 19.6 Å². The monoisotopic (exact) mass is 442 g/mol. The molecule has 0 bridgehead atoms. The smallest absolute Gasteiger partial charge is 0.253 e. The lowest BCUT2D eigenvalue weighted by molar-refractivity contribution is 0.0962. The summed E-state index contributed by atoms with van der Waals surface area (Å²) >= 11 is 1.58. The summed E-state index contributed by atoms with van der Waals surface area (Å²) in [7, 11) is 0. The standard InChI is InChI=1S/C26H26N4OS/c1-16(2)19-7-9-20(10-8-19)21-12-23-22(24(31)13-21)14-30-25(27-23)28-26(29-30)32-15-18-6-4-5-17(3)11-18/h4-11,14,16,21H,12-13,15H2,1-3H3/t21-/m0/s1. The van der Waals surface area contributed by atoms with Crippen molar-refractivity contribution in [1.29, 1.82) is 0 Å². The van der Waals surface area contributed by atoms with Gasteiger partial charge in [0.25, 0.3) is 5.78 Å². The summed E-state index contributed by atoms with van der Waals surface area (Å²) in [6.45, 7) is 6.47. The molecule has 0 spiro atoms. The molecule has 0 saturated heterocycles. The average Bonchev–Trinajstić information content (AvgIpc) is 3.18. The van der Waals surface area contributed by atoms with Gasteiger partial charge in [0.15, 0.2) is 5.78 Å². The minimum Gasteiger partial charge on any atom is -0.294 e. The van der Waals surface area contributed by atoms with Crippen molar-refractivity contribution in [3.05, 3.63) is 88.2 Å². The van der Waals surface area contributed by atoms with Crippen molar-refractivity contribution < 1.29 is 4.79 Å². The Morgan fingerprint density at radius 3 is 2.66 bits per heavy atom. The fourth-order valence-electron chi connectivity index (χ4n) is 4.26. The van der Waals surface area contributed by atoms with Gasteiger partial charge in [-0.2, -0.15) is 4.98 Å². The average molecular weight is 443 g/mol. The van der Waals surface area contributed by atoms with Crippen LogP contribution >= 0.6 is 11.8 Å². The van der Waals surface area contributed by atoms with Crippen LogP contribution in [0.3, 0.4) is 0 Å². The molecule has 5 rings (SSSR count). The Balaban J connectivity index is 1.38. The van der Waals surface area contributed by atoms with Gasteiger partial charge in [-0.1, -0.05) is 79.7 Å². The van der Waals surface area contributed by atoms with Gasteiger partial charge in [-0.25, -0.2) is 9.50 Å². The topological polar surface area (TPSA) is 60.1 Å². The molecular formula is C26H26N4OS. The van der Waals surface area contributed by atoms with E-state index in [-0.39, 0.29) is 11.7 Å². The second-order valence-corrected chi connectivity index (χ2v) is 9.81. The Labute approximate surface area is 192 Å². The highest BCUT2D eigenvalue weighted by molar-refractivity contribution is 7.98. The van der Waals surface area contributed by atoms with E-state index in [0.717, 1.165) is 17.9 Å². The molecule has 0 aliphatic heterocycles. The number of carbonyl (C=O) groups excluding carboxylic acids is 1. The van der Waals surface area contributed by atoms with Gasteiger partial charge >= 0.3 is 0 Å². The van der Waals surface area contributed by atoms with Crippen LogP contribution in [0.2, 0.25) is 0 Å². The van der Waals surface area contributed by atoms with Gasteiger partial charge in [0.05, 0.1) is 11.3 Å². The number of hydrogen-bond acceptors (Lipinski definition) is 5. The van der Waals surface area contributed by atoms with Gasteiger partial charge < -0.3 is 0 Å². The first-order chi connectivity index (χ1) is 15.5. The molecule has 2 heterocycles. The highest BCUT2D eigenvalue weighted by atomic mass is 32.2. The van der Waals surface area contributed by atoms with Gasteiger partial charge in [0.2, 0.25) is 5.16 Å². The van der Waals surface area contributed by atoms with Crippen LogP contribution in [-0.4, -0.2) is 25.4 Å². The molecule has 5 nitrogen and oxygen atoms in total. The van der Waals surface area contributed by atoms with Crippen LogP contribution in [0.4, 0.5) is 0 Å². The molecule has 162 valence electrons. The number of rotatable bonds is 5. The van der Waals surface area contributed by atoms with Gasteiger partial charge in [-0.05, 0) is 41.9 Å². The van der Waals surface area contributed by atoms with Crippen molar-refractivity contribution in [2.45, 2.75) is 56.4 Å². The molecule has 32 heavy (non-hydrogen) atoms. The van der Waals surface area contributed by atoms with E-state index in [2.05, 4.69) is 79.4 Å². The summed E-state index contributed by atoms with van der Waals surface area (Å²) < 4.78 is 1.65. The molecule has 1 atom stereocenters. The van der Waals surface area contributed by atoms with Gasteiger partial charge in [-0.3, -0.25) is 4.79 Å². The normalized spacial score (nSPS) is 16.0. The molecule has 1 aliphatic rings. The third-order valence-corrected chi connectivity index (χ3v) is 7.00. The van der Waals surface area contributed by atoms with Gasteiger partial charge in [-0.15, -0.1) is 5.10 Å². The summed E-state index contributed by atoms with van der Waals surface area (Å²) in [5.41, 5.74) is 6.50. The molecule has 0 N–H and O–H groups in total. The van der Waals surface area contributed by atoms with E-state index in [9.17, 15) is 4.79 Å². The van der Waals surface area contributed by atoms with Gasteiger partial charge in [0.1, 0.15) is 0 Å². The Hall–Kier alpha value is -2.99. The van der Waals surface area contributed by atoms with E-state index in [1.165, 1.54) is 22.3 Å². The van der Waals surface area contributed by atoms with E-state index in [1.807, 2.05) is 6.20 Å². The first-order valence-corrected chi connectivity index (χ1v) is 12.0. The summed E-state index contributed by atoms with van der Waals surface area (Å²) in [6, 6.07) is 17.1. The number of fused-ring (bicyclic) bond motifs is 2. The maximum absolute atomic E-state index is 12.9. The largest absolute Gasteiger partial charge is 0.294 e. The van der Waals surface area contributed by atoms with Crippen LogP contribution in [0, 0.1) is 6.92 Å². The number of thioether (sulfide) groups is 1. The molecule has 1 aliphatic carbocycles. The molecule has 4 aromatic rings. The number of nitrogens with zero attached hydrogens (tertiary/aromatic N) is 4. The Bertz CT molecular complexity index is 1290. The van der Waals surface area contributed by atoms with E-state index in [4.69, 9.17) is 4.98 Å². The highest BCUT2D eigenvalue weighted by Crippen LogP contribution is 2.33. The van der Waals surface area contributed by atoms with Crippen molar-refractivity contribution in [3.63, 3.8) is 0 Å². The molecular weight excluding hydrogens is 416 g/mol. The first-order valence-electron chi connectivity index (χ1n) is 11.0. The van der Waals surface area contributed by atoms with Crippen LogP contribution < -0.4 is 0 Å². The third kappa shape index (κ3) is 4.19. The fourth-order valence-corrected chi connectivity index (χ4v) is 5.03. The summed E-state index contributed by atoms with van der Waals surface area (Å²) in [5, 5.41) is 5.23. The number of ketones is 1. The minimum absolute atomic E-state index is 0.128. The number of Topliss-reactive ketones (excluding diaryl/α,β-unsaturated/α-hetero) is 1. The predicted octanol–water partition coefficient (Wildman–Crippen LogP) is 5.76. The first kappa shape index (κ1) is 20.9.